The lowest BCUT2D eigenvalue weighted by Crippen LogP contribution is -2.55. The van der Waals surface area contributed by atoms with Gasteiger partial charge in [-0.15, -0.1) is 0 Å². The summed E-state index contributed by atoms with van der Waals surface area (Å²) in [5, 5.41) is 9.26. The molecule has 1 atom stereocenters. The Labute approximate surface area is 116 Å². The Bertz CT molecular complexity index is 494. The molecule has 2 heterocycles. The van der Waals surface area contributed by atoms with Crippen LogP contribution in [0.3, 0.4) is 0 Å². The van der Waals surface area contributed by atoms with Gasteiger partial charge in [0.15, 0.2) is 5.82 Å². The van der Waals surface area contributed by atoms with E-state index in [1.54, 1.807) is 4.90 Å². The summed E-state index contributed by atoms with van der Waals surface area (Å²) in [5.74, 6) is 5.32. The van der Waals surface area contributed by atoms with E-state index in [0.717, 1.165) is 0 Å². The van der Waals surface area contributed by atoms with Crippen molar-refractivity contribution in [3.63, 3.8) is 0 Å². The Morgan fingerprint density at radius 3 is 3.05 bits per heavy atom. The largest absolute Gasteiger partial charge is 0.394 e. The molecule has 20 heavy (non-hydrogen) atoms. The number of nitrogen functional groups attached to an aromatic ring is 1. The zero-order valence-electron chi connectivity index (χ0n) is 11.5. The van der Waals surface area contributed by atoms with Gasteiger partial charge in [-0.25, -0.2) is 10.8 Å². The molecular weight excluding hydrogens is 262 g/mol. The number of carbonyl (C=O) groups is 1. The fraction of sp³-hybridized carbons (Fsp3) is 0.583. The summed E-state index contributed by atoms with van der Waals surface area (Å²) >= 11 is 0. The summed E-state index contributed by atoms with van der Waals surface area (Å²) in [6.45, 7) is 4.35. The summed E-state index contributed by atoms with van der Waals surface area (Å²) < 4.78 is 5.67. The van der Waals surface area contributed by atoms with Gasteiger partial charge < -0.3 is 20.2 Å². The molecule has 1 aromatic rings. The number of anilines is 1. The minimum atomic E-state index is -0.515. The molecule has 0 aromatic carbocycles. The summed E-state index contributed by atoms with van der Waals surface area (Å²) in [6, 6.07) is 0. The van der Waals surface area contributed by atoms with E-state index < -0.39 is 11.7 Å². The Balaban J connectivity index is 2.18. The topological polar surface area (TPSA) is 114 Å². The first-order chi connectivity index (χ1) is 9.45. The van der Waals surface area contributed by atoms with Gasteiger partial charge in [0.25, 0.3) is 5.91 Å². The summed E-state index contributed by atoms with van der Waals surface area (Å²) in [6.07, 6.45) is 2.42. The highest BCUT2D eigenvalue weighted by atomic mass is 16.5. The first-order valence-electron chi connectivity index (χ1n) is 6.32. The summed E-state index contributed by atoms with van der Waals surface area (Å²) in [7, 11) is 0. The van der Waals surface area contributed by atoms with Crippen molar-refractivity contribution in [1.82, 2.24) is 14.9 Å². The smallest absolute Gasteiger partial charge is 0.274 e. The van der Waals surface area contributed by atoms with Crippen LogP contribution in [0.2, 0.25) is 0 Å². The fourth-order valence-corrected chi connectivity index (χ4v) is 2.25. The average molecular weight is 281 g/mol. The third-order valence-corrected chi connectivity index (χ3v) is 2.97. The van der Waals surface area contributed by atoms with E-state index in [-0.39, 0.29) is 18.2 Å². The molecule has 0 aliphatic carbocycles. The molecule has 1 amide bonds. The third kappa shape index (κ3) is 3.21. The molecule has 1 aromatic heterocycles. The number of hydrazine groups is 1. The van der Waals surface area contributed by atoms with Gasteiger partial charge in [-0.1, -0.05) is 0 Å². The van der Waals surface area contributed by atoms with Crippen LogP contribution < -0.4 is 11.3 Å². The van der Waals surface area contributed by atoms with Gasteiger partial charge in [0.05, 0.1) is 30.7 Å². The highest BCUT2D eigenvalue weighted by Crippen LogP contribution is 2.22. The van der Waals surface area contributed by atoms with Crippen LogP contribution >= 0.6 is 0 Å². The second-order valence-corrected chi connectivity index (χ2v) is 5.30. The van der Waals surface area contributed by atoms with Gasteiger partial charge >= 0.3 is 0 Å². The van der Waals surface area contributed by atoms with Crippen molar-refractivity contribution < 1.29 is 14.6 Å². The Morgan fingerprint density at radius 2 is 2.40 bits per heavy atom. The molecule has 0 saturated carbocycles. The van der Waals surface area contributed by atoms with Gasteiger partial charge in [-0.3, -0.25) is 9.78 Å². The summed E-state index contributed by atoms with van der Waals surface area (Å²) in [4.78, 5) is 22.0. The summed E-state index contributed by atoms with van der Waals surface area (Å²) in [5.41, 5.74) is 2.04. The number of ether oxygens (including phenoxy) is 1. The number of aliphatic hydroxyl groups is 1. The maximum absolute atomic E-state index is 12.4. The first-order valence-corrected chi connectivity index (χ1v) is 6.32. The van der Waals surface area contributed by atoms with Crippen molar-refractivity contribution in [2.45, 2.75) is 25.6 Å². The van der Waals surface area contributed by atoms with Crippen LogP contribution in [0, 0.1) is 0 Å². The van der Waals surface area contributed by atoms with E-state index >= 15 is 0 Å². The number of carbonyl (C=O) groups excluding carboxylic acids is 1. The number of aliphatic hydroxyl groups excluding tert-OH is 1. The normalized spacial score (nSPS) is 21.6. The number of amides is 1. The molecule has 0 spiro atoms. The van der Waals surface area contributed by atoms with Crippen molar-refractivity contribution in [2.75, 3.05) is 25.1 Å². The monoisotopic (exact) mass is 281 g/mol. The molecule has 1 fully saturated rings. The lowest BCUT2D eigenvalue weighted by atomic mass is 10.0. The molecule has 1 aliphatic heterocycles. The molecule has 8 heteroatoms. The Hall–Kier alpha value is -1.77. The van der Waals surface area contributed by atoms with Crippen molar-refractivity contribution in [3.05, 3.63) is 18.1 Å². The predicted molar refractivity (Wildman–Crippen MR) is 71.8 cm³/mol. The minimum Gasteiger partial charge on any atom is -0.394 e. The van der Waals surface area contributed by atoms with E-state index in [9.17, 15) is 9.90 Å². The lowest BCUT2D eigenvalue weighted by molar-refractivity contribution is -0.139. The van der Waals surface area contributed by atoms with Crippen molar-refractivity contribution in [2.24, 2.45) is 5.84 Å². The van der Waals surface area contributed by atoms with Crippen LogP contribution in [0.15, 0.2) is 12.4 Å². The van der Waals surface area contributed by atoms with E-state index in [2.05, 4.69) is 15.4 Å². The zero-order valence-corrected chi connectivity index (χ0v) is 11.5. The molecule has 8 nitrogen and oxygen atoms in total. The van der Waals surface area contributed by atoms with Gasteiger partial charge in [0, 0.05) is 13.1 Å². The van der Waals surface area contributed by atoms with Crippen molar-refractivity contribution >= 4 is 11.7 Å². The number of morpholine rings is 1. The van der Waals surface area contributed by atoms with Crippen LogP contribution in [-0.4, -0.2) is 57.3 Å². The molecule has 1 saturated heterocycles. The zero-order chi connectivity index (χ0) is 14.8. The first kappa shape index (κ1) is 14.6. The van der Waals surface area contributed by atoms with Gasteiger partial charge in [-0.2, -0.15) is 0 Å². The van der Waals surface area contributed by atoms with E-state index in [1.807, 2.05) is 13.8 Å². The van der Waals surface area contributed by atoms with E-state index in [1.165, 1.54) is 12.4 Å². The number of aromatic nitrogens is 2. The number of nitrogens with one attached hydrogen (secondary N) is 1. The molecule has 2 rings (SSSR count). The van der Waals surface area contributed by atoms with E-state index in [0.29, 0.717) is 18.9 Å². The standard InChI is InChI=1S/C12H19N5O3/c1-12(2)7-17(5-8(6-18)20-12)11(19)9-3-14-4-10(15-9)16-13/h3-4,8,18H,5-7,13H2,1-2H3,(H,15,16). The number of nitrogens with zero attached hydrogens (tertiary/aromatic N) is 3. The second kappa shape index (κ2) is 5.70. The maximum atomic E-state index is 12.4. The number of nitrogens with two attached hydrogens (primary N) is 1. The third-order valence-electron chi connectivity index (χ3n) is 2.97. The number of hydrogen-bond acceptors (Lipinski definition) is 7. The quantitative estimate of drug-likeness (QED) is 0.499. The highest BCUT2D eigenvalue weighted by Gasteiger charge is 2.36. The van der Waals surface area contributed by atoms with Crippen molar-refractivity contribution in [1.29, 1.82) is 0 Å². The van der Waals surface area contributed by atoms with Crippen LogP contribution in [0.5, 0.6) is 0 Å². The molecule has 4 N–H and O–H groups in total. The van der Waals surface area contributed by atoms with Crippen LogP contribution in [0.4, 0.5) is 5.82 Å². The van der Waals surface area contributed by atoms with Crippen LogP contribution in [0.25, 0.3) is 0 Å². The SMILES string of the molecule is CC1(C)CN(C(=O)c2cncc(NN)n2)CC(CO)O1. The Kier molecular flexibility index (Phi) is 4.17. The van der Waals surface area contributed by atoms with Gasteiger partial charge in [0.2, 0.25) is 0 Å². The van der Waals surface area contributed by atoms with Gasteiger partial charge in [-0.05, 0) is 13.8 Å². The minimum absolute atomic E-state index is 0.136. The highest BCUT2D eigenvalue weighted by molar-refractivity contribution is 5.92. The van der Waals surface area contributed by atoms with Crippen LogP contribution in [-0.2, 0) is 4.74 Å². The lowest BCUT2D eigenvalue weighted by Gasteiger charge is -2.42. The predicted octanol–water partition coefficient (Wildman–Crippen LogP) is -0.626. The molecular formula is C12H19N5O3. The molecule has 110 valence electrons. The molecule has 1 aliphatic rings. The fourth-order valence-electron chi connectivity index (χ4n) is 2.25. The van der Waals surface area contributed by atoms with Crippen molar-refractivity contribution in [3.8, 4) is 0 Å². The second-order valence-electron chi connectivity index (χ2n) is 5.30. The Morgan fingerprint density at radius 1 is 1.65 bits per heavy atom. The average Bonchev–Trinajstić information content (AvgIpc) is 2.44. The van der Waals surface area contributed by atoms with Crippen LogP contribution in [0.1, 0.15) is 24.3 Å². The van der Waals surface area contributed by atoms with E-state index in [4.69, 9.17) is 10.6 Å². The molecule has 1 unspecified atom stereocenters. The maximum Gasteiger partial charge on any atom is 0.274 e. The molecule has 0 bridgehead atoms. The number of hydrogen-bond donors (Lipinski definition) is 3. The van der Waals surface area contributed by atoms with Gasteiger partial charge in [0.1, 0.15) is 5.69 Å². The number of rotatable bonds is 3. The molecule has 0 radical (unpaired) electrons.